The fourth-order valence-corrected chi connectivity index (χ4v) is 7.52. The Labute approximate surface area is 404 Å². The van der Waals surface area contributed by atoms with Gasteiger partial charge in [-0.3, -0.25) is 29.3 Å². The third-order valence-electron chi connectivity index (χ3n) is 10.5. The normalized spacial score (nSPS) is 17.8. The van der Waals surface area contributed by atoms with Crippen molar-refractivity contribution in [3.63, 3.8) is 0 Å². The zero-order chi connectivity index (χ0) is 51.0. The van der Waals surface area contributed by atoms with Gasteiger partial charge >= 0.3 is 36.1 Å². The molecular formula is C48H49N3O20. The van der Waals surface area contributed by atoms with Crippen LogP contribution in [0.5, 0.6) is 11.5 Å². The van der Waals surface area contributed by atoms with Crippen molar-refractivity contribution in [2.45, 2.75) is 64.0 Å². The summed E-state index contributed by atoms with van der Waals surface area (Å²) in [7, 11) is 1.02. The molecule has 2 amide bonds. The molecule has 2 N–H and O–H groups in total. The van der Waals surface area contributed by atoms with E-state index >= 15 is 0 Å². The molecule has 376 valence electrons. The maximum Gasteiger partial charge on any atom is 0.514 e. The number of nitro benzene ring substituents is 1. The topological polar surface area (TPSA) is 288 Å². The summed E-state index contributed by atoms with van der Waals surface area (Å²) in [5, 5.41) is 16.2. The number of amides is 2. The summed E-state index contributed by atoms with van der Waals surface area (Å²) in [6, 6.07) is 24.6. The maximum absolute atomic E-state index is 13.3. The van der Waals surface area contributed by atoms with Crippen LogP contribution in [0.3, 0.4) is 0 Å². The van der Waals surface area contributed by atoms with Gasteiger partial charge in [-0.2, -0.15) is 0 Å². The van der Waals surface area contributed by atoms with E-state index in [1.165, 1.54) is 30.3 Å². The van der Waals surface area contributed by atoms with E-state index in [0.29, 0.717) is 0 Å². The molecule has 1 aliphatic heterocycles. The van der Waals surface area contributed by atoms with Crippen LogP contribution in [0.4, 0.5) is 21.0 Å². The highest BCUT2D eigenvalue weighted by Crippen LogP contribution is 2.44. The van der Waals surface area contributed by atoms with Crippen molar-refractivity contribution in [3.8, 4) is 22.6 Å². The fraction of sp³-hybridized carbons (Fsp3) is 0.354. The highest BCUT2D eigenvalue weighted by atomic mass is 16.7. The number of anilines is 1. The van der Waals surface area contributed by atoms with Crippen LogP contribution >= 0.6 is 0 Å². The molecule has 0 bridgehead atoms. The van der Waals surface area contributed by atoms with Gasteiger partial charge in [-0.05, 0) is 52.1 Å². The van der Waals surface area contributed by atoms with Crippen LogP contribution in [0, 0.1) is 10.1 Å². The number of carbonyl (C=O) groups is 7. The zero-order valence-electron chi connectivity index (χ0n) is 38.7. The molecule has 23 heteroatoms. The molecule has 1 heterocycles. The summed E-state index contributed by atoms with van der Waals surface area (Å²) in [6.45, 7) is 2.45. The first kappa shape index (κ1) is 52.2. The number of nitrogens with one attached hydrogen (secondary N) is 2. The molecule has 0 radical (unpaired) electrons. The highest BCUT2D eigenvalue weighted by molar-refractivity contribution is 5.93. The van der Waals surface area contributed by atoms with E-state index in [-0.39, 0.29) is 67.3 Å². The maximum atomic E-state index is 13.3. The van der Waals surface area contributed by atoms with Gasteiger partial charge in [0.2, 0.25) is 18.3 Å². The van der Waals surface area contributed by atoms with Crippen LogP contribution in [-0.2, 0) is 73.2 Å². The number of ether oxygens (including phenoxy) is 11. The third kappa shape index (κ3) is 14.4. The minimum absolute atomic E-state index is 0.0343. The Morgan fingerprint density at radius 1 is 0.718 bits per heavy atom. The Morgan fingerprint density at radius 3 is 1.97 bits per heavy atom. The van der Waals surface area contributed by atoms with Gasteiger partial charge in [0.05, 0.1) is 37.5 Å². The lowest BCUT2D eigenvalue weighted by Gasteiger charge is -2.43. The van der Waals surface area contributed by atoms with Gasteiger partial charge in [-0.1, -0.05) is 54.6 Å². The Balaban J connectivity index is 1.06. The number of nitro groups is 1. The van der Waals surface area contributed by atoms with Gasteiger partial charge in [0.15, 0.2) is 18.3 Å². The number of hydrogen-bond donors (Lipinski definition) is 2. The van der Waals surface area contributed by atoms with Crippen LogP contribution in [0.2, 0.25) is 0 Å². The smallest absolute Gasteiger partial charge is 0.467 e. The molecular weight excluding hydrogens is 939 g/mol. The first-order chi connectivity index (χ1) is 34.1. The summed E-state index contributed by atoms with van der Waals surface area (Å²) in [5.41, 5.74) is 4.29. The average Bonchev–Trinajstić information content (AvgIpc) is 3.66. The van der Waals surface area contributed by atoms with E-state index in [4.69, 9.17) is 52.1 Å². The zero-order valence-corrected chi connectivity index (χ0v) is 38.7. The van der Waals surface area contributed by atoms with E-state index in [0.717, 1.165) is 62.3 Å². The van der Waals surface area contributed by atoms with Crippen molar-refractivity contribution in [3.05, 3.63) is 118 Å². The standard InChI is InChI=1S/C48H49N3O20/c1-27(52)66-41-42(67-28(2)53)44(68-29(3)54)46(71-43(41)45(56)61-4)70-39-18-13-30(24-65-48(58)69-32-16-14-31(15-17-32)51(59)60)23-38(39)50-40(55)26-63-22-21-62-20-19-49-47(57)64-25-37-35-11-7-5-9-33(35)34-10-6-8-12-36(34)37/h5-18,23,37,41-44,46H,19-22,24-26H2,1-4H3,(H,49,57)(H,50,55)/t41-,42-,43-,44+,46+/m0/s1. The largest absolute Gasteiger partial charge is 0.514 e. The van der Waals surface area contributed by atoms with Crippen LogP contribution in [0.1, 0.15) is 43.4 Å². The number of benzene rings is 4. The Morgan fingerprint density at radius 2 is 1.34 bits per heavy atom. The predicted molar refractivity (Wildman–Crippen MR) is 242 cm³/mol. The van der Waals surface area contributed by atoms with Crippen molar-refractivity contribution in [2.24, 2.45) is 0 Å². The molecule has 0 saturated carbocycles. The SMILES string of the molecule is COC(=O)[C@H]1O[C@@H](Oc2ccc(COC(=O)Oc3ccc([N+](=O)[O-])cc3)cc2NC(=O)COCCOCCNC(=O)OCC2c3ccccc3-c3ccccc32)[C@H](OC(C)=O)[C@@H](OC(C)=O)[C@@H]1OC(C)=O. The summed E-state index contributed by atoms with van der Waals surface area (Å²) in [6.07, 6.45) is -10.5. The summed E-state index contributed by atoms with van der Waals surface area (Å²) < 4.78 is 59.9. The van der Waals surface area contributed by atoms with Gasteiger partial charge in [0.1, 0.15) is 31.3 Å². The molecule has 2 aliphatic rings. The molecule has 23 nitrogen and oxygen atoms in total. The lowest BCUT2D eigenvalue weighted by molar-refractivity contribution is -0.384. The van der Waals surface area contributed by atoms with E-state index in [1.807, 2.05) is 48.5 Å². The van der Waals surface area contributed by atoms with Crippen molar-refractivity contribution in [2.75, 3.05) is 52.0 Å². The third-order valence-corrected chi connectivity index (χ3v) is 10.5. The number of rotatable bonds is 21. The molecule has 0 aromatic heterocycles. The average molecular weight is 988 g/mol. The van der Waals surface area contributed by atoms with Gasteiger partial charge < -0.3 is 62.7 Å². The second kappa shape index (κ2) is 24.9. The molecule has 1 fully saturated rings. The lowest BCUT2D eigenvalue weighted by Crippen LogP contribution is -2.64. The van der Waals surface area contributed by atoms with Crippen molar-refractivity contribution >= 4 is 53.4 Å². The molecule has 4 aromatic rings. The molecule has 71 heavy (non-hydrogen) atoms. The molecule has 6 rings (SSSR count). The molecule has 0 unspecified atom stereocenters. The van der Waals surface area contributed by atoms with Crippen molar-refractivity contribution < 1.29 is 90.6 Å². The number of methoxy groups -OCH3 is 1. The number of carbonyl (C=O) groups excluding carboxylic acids is 7. The molecule has 0 spiro atoms. The van der Waals surface area contributed by atoms with Crippen LogP contribution in [0.25, 0.3) is 11.1 Å². The van der Waals surface area contributed by atoms with E-state index in [2.05, 4.69) is 10.6 Å². The molecule has 5 atom stereocenters. The van der Waals surface area contributed by atoms with Gasteiger partial charge in [0, 0.05) is 45.4 Å². The van der Waals surface area contributed by atoms with Crippen LogP contribution in [-0.4, -0.2) is 124 Å². The second-order valence-corrected chi connectivity index (χ2v) is 15.5. The first-order valence-electron chi connectivity index (χ1n) is 21.8. The number of alkyl carbamates (subject to hydrolysis) is 1. The summed E-state index contributed by atoms with van der Waals surface area (Å²) >= 11 is 0. The predicted octanol–water partition coefficient (Wildman–Crippen LogP) is 4.89. The minimum atomic E-state index is -1.80. The Bertz CT molecular complexity index is 2540. The van der Waals surface area contributed by atoms with E-state index in [1.54, 1.807) is 0 Å². The van der Waals surface area contributed by atoms with Gasteiger partial charge in [-0.25, -0.2) is 14.4 Å². The summed E-state index contributed by atoms with van der Waals surface area (Å²) in [4.78, 5) is 98.6. The van der Waals surface area contributed by atoms with Gasteiger partial charge in [-0.15, -0.1) is 0 Å². The number of esters is 4. The Kier molecular flexibility index (Phi) is 18.3. The highest BCUT2D eigenvalue weighted by Gasteiger charge is 2.56. The lowest BCUT2D eigenvalue weighted by atomic mass is 9.97. The second-order valence-electron chi connectivity index (χ2n) is 15.5. The minimum Gasteiger partial charge on any atom is -0.467 e. The molecule has 1 saturated heterocycles. The van der Waals surface area contributed by atoms with E-state index < -0.39 is 90.9 Å². The van der Waals surface area contributed by atoms with Gasteiger partial charge in [0.25, 0.3) is 5.69 Å². The summed E-state index contributed by atoms with van der Waals surface area (Å²) in [5.74, 6) is -4.91. The molecule has 1 aliphatic carbocycles. The fourth-order valence-electron chi connectivity index (χ4n) is 7.52. The van der Waals surface area contributed by atoms with Crippen LogP contribution in [0.15, 0.2) is 91.0 Å². The monoisotopic (exact) mass is 987 g/mol. The number of non-ortho nitro benzene ring substituents is 1. The molecule has 4 aromatic carbocycles. The van der Waals surface area contributed by atoms with Crippen molar-refractivity contribution in [1.29, 1.82) is 0 Å². The van der Waals surface area contributed by atoms with E-state index in [9.17, 15) is 43.7 Å². The quantitative estimate of drug-likeness (QED) is 0.0280. The number of nitrogens with zero attached hydrogens (tertiary/aromatic N) is 1. The van der Waals surface area contributed by atoms with Crippen LogP contribution < -0.4 is 20.1 Å². The number of fused-ring (bicyclic) bond motifs is 3. The Hall–Kier alpha value is -8.15. The van der Waals surface area contributed by atoms with Crippen molar-refractivity contribution in [1.82, 2.24) is 5.32 Å². The first-order valence-corrected chi connectivity index (χ1v) is 21.8. The number of hydrogen-bond acceptors (Lipinski definition) is 20.